The van der Waals surface area contributed by atoms with Crippen molar-refractivity contribution in [3.05, 3.63) is 35.1 Å². The van der Waals surface area contributed by atoms with Crippen LogP contribution in [0.2, 0.25) is 0 Å². The Morgan fingerprint density at radius 3 is 2.40 bits per heavy atom. The van der Waals surface area contributed by atoms with Gasteiger partial charge in [-0.1, -0.05) is 32.1 Å². The fraction of sp³-hybridized carbons (Fsp3) is 0.400. The number of carbonyl (C=O) groups is 1. The van der Waals surface area contributed by atoms with Gasteiger partial charge in [0, 0.05) is 18.4 Å². The van der Waals surface area contributed by atoms with Crippen molar-refractivity contribution in [3.63, 3.8) is 0 Å². The summed E-state index contributed by atoms with van der Waals surface area (Å²) in [4.78, 5) is 11.8. The number of benzene rings is 1. The molecule has 1 heterocycles. The zero-order valence-electron chi connectivity index (χ0n) is 14.0. The molecule has 25 heavy (non-hydrogen) atoms. The Hall–Kier alpha value is -1.91. The molecular weight excluding hydrogens is 367 g/mol. The second-order valence-electron chi connectivity index (χ2n) is 6.31. The molecular formula is C15H19FN4O3S2. The number of sulfonamides is 1. The Morgan fingerprint density at radius 2 is 1.84 bits per heavy atom. The summed E-state index contributed by atoms with van der Waals surface area (Å²) < 4.78 is 39.2. The molecule has 0 spiro atoms. The normalized spacial score (nSPS) is 12.2. The quantitative estimate of drug-likeness (QED) is 0.793. The van der Waals surface area contributed by atoms with Crippen LogP contribution in [-0.2, 0) is 20.2 Å². The maximum atomic E-state index is 12.8. The topological polar surface area (TPSA) is 101 Å². The van der Waals surface area contributed by atoms with Crippen LogP contribution in [0.1, 0.15) is 32.2 Å². The van der Waals surface area contributed by atoms with Gasteiger partial charge in [0.25, 0.3) is 0 Å². The lowest BCUT2D eigenvalue weighted by atomic mass is 9.98. The molecule has 0 atom stereocenters. The van der Waals surface area contributed by atoms with E-state index in [-0.39, 0.29) is 29.2 Å². The number of rotatable bonds is 6. The molecule has 0 saturated carbocycles. The molecule has 0 fully saturated rings. The molecule has 2 rings (SSSR count). The summed E-state index contributed by atoms with van der Waals surface area (Å²) in [6.45, 7) is 5.88. The smallest absolute Gasteiger partial charge is 0.240 e. The summed E-state index contributed by atoms with van der Waals surface area (Å²) in [5.41, 5.74) is -0.161. The summed E-state index contributed by atoms with van der Waals surface area (Å²) in [6, 6.07) is 4.44. The molecule has 1 aromatic carbocycles. The van der Waals surface area contributed by atoms with Gasteiger partial charge in [-0.05, 0) is 24.3 Å². The van der Waals surface area contributed by atoms with Gasteiger partial charge >= 0.3 is 0 Å². The summed E-state index contributed by atoms with van der Waals surface area (Å²) in [7, 11) is -3.78. The van der Waals surface area contributed by atoms with Crippen molar-refractivity contribution in [2.45, 2.75) is 37.5 Å². The lowest BCUT2D eigenvalue weighted by molar-refractivity contribution is -0.116. The lowest BCUT2D eigenvalue weighted by Crippen LogP contribution is -2.27. The van der Waals surface area contributed by atoms with Crippen LogP contribution < -0.4 is 10.0 Å². The van der Waals surface area contributed by atoms with Gasteiger partial charge in [0.05, 0.1) is 4.90 Å². The third-order valence-corrected chi connectivity index (χ3v) is 5.82. The number of halogens is 1. The molecule has 0 unspecified atom stereocenters. The van der Waals surface area contributed by atoms with Gasteiger partial charge < -0.3 is 5.32 Å². The molecule has 10 heteroatoms. The molecule has 2 N–H and O–H groups in total. The van der Waals surface area contributed by atoms with Crippen LogP contribution in [0.3, 0.4) is 0 Å². The number of hydrogen-bond acceptors (Lipinski definition) is 6. The lowest BCUT2D eigenvalue weighted by Gasteiger charge is -2.12. The first-order valence-electron chi connectivity index (χ1n) is 7.47. The van der Waals surface area contributed by atoms with E-state index in [1.165, 1.54) is 11.3 Å². The molecule has 0 radical (unpaired) electrons. The van der Waals surface area contributed by atoms with Crippen LogP contribution in [0.15, 0.2) is 29.2 Å². The van der Waals surface area contributed by atoms with Crippen molar-refractivity contribution >= 4 is 32.4 Å². The van der Waals surface area contributed by atoms with Crippen molar-refractivity contribution in [2.24, 2.45) is 0 Å². The molecule has 136 valence electrons. The largest absolute Gasteiger partial charge is 0.300 e. The summed E-state index contributed by atoms with van der Waals surface area (Å²) >= 11 is 1.28. The Kier molecular flexibility index (Phi) is 5.86. The van der Waals surface area contributed by atoms with Crippen LogP contribution in [0.25, 0.3) is 0 Å². The van der Waals surface area contributed by atoms with E-state index >= 15 is 0 Å². The Morgan fingerprint density at radius 1 is 1.20 bits per heavy atom. The molecule has 0 aliphatic heterocycles. The number of nitrogens with zero attached hydrogens (tertiary/aromatic N) is 2. The van der Waals surface area contributed by atoms with Gasteiger partial charge in [-0.15, -0.1) is 10.2 Å². The van der Waals surface area contributed by atoms with Crippen molar-refractivity contribution in [1.82, 2.24) is 14.9 Å². The minimum absolute atomic E-state index is 0.0618. The average Bonchev–Trinajstić information content (AvgIpc) is 2.96. The third kappa shape index (κ3) is 5.55. The van der Waals surface area contributed by atoms with Crippen LogP contribution in [-0.4, -0.2) is 31.1 Å². The van der Waals surface area contributed by atoms with Gasteiger partial charge in [0.15, 0.2) is 0 Å². The van der Waals surface area contributed by atoms with Crippen LogP contribution in [0, 0.1) is 5.82 Å². The molecule has 2 aromatic rings. The van der Waals surface area contributed by atoms with Crippen LogP contribution >= 0.6 is 11.3 Å². The van der Waals surface area contributed by atoms with Crippen LogP contribution in [0.5, 0.6) is 0 Å². The highest BCUT2D eigenvalue weighted by Gasteiger charge is 2.20. The maximum Gasteiger partial charge on any atom is 0.240 e. The van der Waals surface area contributed by atoms with Crippen LogP contribution in [0.4, 0.5) is 9.52 Å². The molecule has 0 aliphatic carbocycles. The fourth-order valence-corrected chi connectivity index (χ4v) is 3.60. The fourth-order valence-electron chi connectivity index (χ4n) is 1.75. The zero-order chi connectivity index (χ0) is 18.7. The van der Waals surface area contributed by atoms with E-state index in [1.807, 2.05) is 20.8 Å². The molecule has 0 aliphatic rings. The predicted octanol–water partition coefficient (Wildman–Crippen LogP) is 2.28. The SMILES string of the molecule is CC(C)(C)c1nnc(NC(=O)CCNS(=O)(=O)c2ccc(F)cc2)s1. The van der Waals surface area contributed by atoms with Crippen molar-refractivity contribution in [1.29, 1.82) is 0 Å². The van der Waals surface area contributed by atoms with Gasteiger partial charge in [-0.2, -0.15) is 0 Å². The summed E-state index contributed by atoms with van der Waals surface area (Å²) in [6.07, 6.45) is -0.0646. The predicted molar refractivity (Wildman–Crippen MR) is 93.4 cm³/mol. The highest BCUT2D eigenvalue weighted by Crippen LogP contribution is 2.27. The minimum Gasteiger partial charge on any atom is -0.300 e. The van der Waals surface area contributed by atoms with Gasteiger partial charge in [0.1, 0.15) is 10.8 Å². The monoisotopic (exact) mass is 386 g/mol. The van der Waals surface area contributed by atoms with Crippen molar-refractivity contribution < 1.29 is 17.6 Å². The molecule has 7 nitrogen and oxygen atoms in total. The number of nitrogens with one attached hydrogen (secondary N) is 2. The Labute approximate surface area is 149 Å². The molecule has 1 aromatic heterocycles. The van der Waals surface area contributed by atoms with Gasteiger partial charge in [-0.3, -0.25) is 4.79 Å². The number of hydrogen-bond donors (Lipinski definition) is 2. The summed E-state index contributed by atoms with van der Waals surface area (Å²) in [5.74, 6) is -0.900. The number of anilines is 1. The average molecular weight is 386 g/mol. The first-order valence-corrected chi connectivity index (χ1v) is 9.77. The number of amides is 1. The molecule has 1 amide bonds. The Balaban J connectivity index is 1.86. The number of aromatic nitrogens is 2. The second kappa shape index (κ2) is 7.54. The molecule has 0 saturated heterocycles. The second-order valence-corrected chi connectivity index (χ2v) is 9.06. The highest BCUT2D eigenvalue weighted by atomic mass is 32.2. The van der Waals surface area contributed by atoms with Crippen molar-refractivity contribution in [3.8, 4) is 0 Å². The maximum absolute atomic E-state index is 12.8. The first kappa shape index (κ1) is 19.4. The third-order valence-electron chi connectivity index (χ3n) is 3.08. The van der Waals surface area contributed by atoms with Gasteiger partial charge in [0.2, 0.25) is 21.1 Å². The minimum atomic E-state index is -3.78. The van der Waals surface area contributed by atoms with E-state index < -0.39 is 15.8 Å². The highest BCUT2D eigenvalue weighted by molar-refractivity contribution is 7.89. The van der Waals surface area contributed by atoms with Gasteiger partial charge in [-0.25, -0.2) is 17.5 Å². The number of carbonyl (C=O) groups excluding carboxylic acids is 1. The van der Waals surface area contributed by atoms with E-state index in [2.05, 4.69) is 20.2 Å². The summed E-state index contributed by atoms with van der Waals surface area (Å²) in [5, 5.41) is 11.7. The van der Waals surface area contributed by atoms with E-state index in [9.17, 15) is 17.6 Å². The van der Waals surface area contributed by atoms with Crippen molar-refractivity contribution in [2.75, 3.05) is 11.9 Å². The first-order chi connectivity index (χ1) is 11.6. The van der Waals surface area contributed by atoms with E-state index in [0.717, 1.165) is 29.3 Å². The Bertz CT molecular complexity index is 842. The van der Waals surface area contributed by atoms with E-state index in [4.69, 9.17) is 0 Å². The standard InChI is InChI=1S/C15H19FN4O3S2/c1-15(2,3)13-19-20-14(24-13)18-12(21)8-9-17-25(22,23)11-6-4-10(16)5-7-11/h4-7,17H,8-9H2,1-3H3,(H,18,20,21). The van der Waals surface area contributed by atoms with E-state index in [1.54, 1.807) is 0 Å². The molecule has 0 bridgehead atoms. The van der Waals surface area contributed by atoms with E-state index in [0.29, 0.717) is 5.13 Å². The zero-order valence-corrected chi connectivity index (χ0v) is 15.7.